The Morgan fingerprint density at radius 2 is 1.77 bits per heavy atom. The van der Waals surface area contributed by atoms with Crippen LogP contribution in [0.4, 0.5) is 13.6 Å². The molecule has 4 fully saturated rings. The fourth-order valence-electron chi connectivity index (χ4n) is 7.41. The summed E-state index contributed by atoms with van der Waals surface area (Å²) in [6.45, 7) is -0.0844. The van der Waals surface area contributed by atoms with Gasteiger partial charge in [-0.05, 0) is 87.6 Å². The van der Waals surface area contributed by atoms with Crippen LogP contribution in [0.25, 0.3) is 11.4 Å². The molecule has 4 amide bonds. The van der Waals surface area contributed by atoms with Gasteiger partial charge in [0.05, 0.1) is 11.3 Å². The molecular formula is C34H42F2N8O7S. The maximum Gasteiger partial charge on any atom is 0.408 e. The Morgan fingerprint density at radius 1 is 1.00 bits per heavy atom. The summed E-state index contributed by atoms with van der Waals surface area (Å²) in [5.74, 6) is -4.66. The van der Waals surface area contributed by atoms with Crippen molar-refractivity contribution in [1.82, 2.24) is 40.5 Å². The normalized spacial score (nSPS) is 29.2. The van der Waals surface area contributed by atoms with Gasteiger partial charge < -0.3 is 20.3 Å². The number of carbonyl (C=O) groups is 4. The number of sulfonamides is 1. The van der Waals surface area contributed by atoms with Crippen molar-refractivity contribution in [3.63, 3.8) is 0 Å². The molecule has 3 N–H and O–H groups in total. The second-order valence-corrected chi connectivity index (χ2v) is 16.4. The summed E-state index contributed by atoms with van der Waals surface area (Å²) in [5, 5.41) is 17.3. The monoisotopic (exact) mass is 744 g/mol. The SMILES string of the molecule is O=C(N[C@H]1CCCCC/C=C/C2C[C@@]2(C(=O)NS(=O)(=O)C2CC2)NC(=O)[C@@H]2C[C@@H](n3nnc(-c4ccc(F)c(F)c4)n3)CN2C1=O)OC1CCCC1. The molecule has 0 bridgehead atoms. The fourth-order valence-corrected chi connectivity index (χ4v) is 8.77. The van der Waals surface area contributed by atoms with E-state index in [1.165, 1.54) is 15.8 Å². The van der Waals surface area contributed by atoms with E-state index in [1.54, 1.807) is 0 Å². The summed E-state index contributed by atoms with van der Waals surface area (Å²) in [4.78, 5) is 57.8. The molecule has 15 nitrogen and oxygen atoms in total. The Labute approximate surface area is 299 Å². The average molecular weight is 745 g/mol. The van der Waals surface area contributed by atoms with Gasteiger partial charge in [0.25, 0.3) is 5.91 Å². The molecule has 1 aromatic heterocycles. The number of ether oxygens (including phenoxy) is 1. The van der Waals surface area contributed by atoms with Gasteiger partial charge in [-0.3, -0.25) is 19.1 Å². The number of amides is 4. The third-order valence-electron chi connectivity index (χ3n) is 10.7. The van der Waals surface area contributed by atoms with Crippen LogP contribution in [0.5, 0.6) is 0 Å². The van der Waals surface area contributed by atoms with Crippen molar-refractivity contribution in [3.05, 3.63) is 42.0 Å². The number of hydrogen-bond donors (Lipinski definition) is 3. The van der Waals surface area contributed by atoms with Gasteiger partial charge in [-0.1, -0.05) is 25.0 Å². The lowest BCUT2D eigenvalue weighted by molar-refractivity contribution is -0.141. The predicted molar refractivity (Wildman–Crippen MR) is 179 cm³/mol. The van der Waals surface area contributed by atoms with Gasteiger partial charge in [0, 0.05) is 24.4 Å². The minimum absolute atomic E-state index is 0.00607. The quantitative estimate of drug-likeness (QED) is 0.355. The van der Waals surface area contributed by atoms with Gasteiger partial charge in [-0.2, -0.15) is 4.80 Å². The lowest BCUT2D eigenvalue weighted by atomic mass is 10.0. The molecule has 2 aliphatic heterocycles. The highest BCUT2D eigenvalue weighted by atomic mass is 32.2. The molecule has 1 aromatic carbocycles. The highest BCUT2D eigenvalue weighted by Gasteiger charge is 2.62. The van der Waals surface area contributed by atoms with E-state index in [4.69, 9.17) is 4.74 Å². The van der Waals surface area contributed by atoms with Gasteiger partial charge in [0.1, 0.15) is 23.7 Å². The van der Waals surface area contributed by atoms with E-state index in [0.717, 1.165) is 50.7 Å². The Morgan fingerprint density at radius 3 is 2.52 bits per heavy atom. The van der Waals surface area contributed by atoms with Gasteiger partial charge in [-0.25, -0.2) is 22.0 Å². The summed E-state index contributed by atoms with van der Waals surface area (Å²) < 4.78 is 60.9. The van der Waals surface area contributed by atoms with Crippen molar-refractivity contribution in [1.29, 1.82) is 0 Å². The maximum absolute atomic E-state index is 14.4. The molecule has 7 rings (SSSR count). The molecule has 0 spiro atoms. The number of nitrogens with one attached hydrogen (secondary N) is 3. The van der Waals surface area contributed by atoms with E-state index in [9.17, 15) is 36.4 Å². The number of nitrogens with zero attached hydrogens (tertiary/aromatic N) is 5. The van der Waals surface area contributed by atoms with Crippen LogP contribution in [0, 0.1) is 17.6 Å². The Balaban J connectivity index is 1.17. The molecule has 280 valence electrons. The molecule has 5 atom stereocenters. The van der Waals surface area contributed by atoms with Gasteiger partial charge >= 0.3 is 6.09 Å². The number of alkyl carbamates (subject to hydrolysis) is 1. The first-order valence-corrected chi connectivity index (χ1v) is 19.6. The molecule has 1 unspecified atom stereocenters. The minimum Gasteiger partial charge on any atom is -0.446 e. The van der Waals surface area contributed by atoms with E-state index in [-0.39, 0.29) is 43.3 Å². The number of hydrogen-bond acceptors (Lipinski definition) is 10. The molecule has 18 heteroatoms. The Kier molecular flexibility index (Phi) is 10.0. The highest BCUT2D eigenvalue weighted by Crippen LogP contribution is 2.46. The molecule has 52 heavy (non-hydrogen) atoms. The first kappa shape index (κ1) is 35.9. The molecule has 2 aromatic rings. The maximum atomic E-state index is 14.4. The van der Waals surface area contributed by atoms with Gasteiger partial charge in [0.2, 0.25) is 27.7 Å². The van der Waals surface area contributed by atoms with Gasteiger partial charge in [0.15, 0.2) is 11.6 Å². The van der Waals surface area contributed by atoms with E-state index in [2.05, 4.69) is 30.8 Å². The lowest BCUT2D eigenvalue weighted by Crippen LogP contribution is -2.58. The van der Waals surface area contributed by atoms with E-state index in [1.807, 2.05) is 12.2 Å². The summed E-state index contributed by atoms with van der Waals surface area (Å²) >= 11 is 0. The number of fused-ring (bicyclic) bond motifs is 2. The van der Waals surface area contributed by atoms with Crippen LogP contribution >= 0.6 is 0 Å². The number of rotatable bonds is 7. The second-order valence-electron chi connectivity index (χ2n) is 14.5. The highest BCUT2D eigenvalue weighted by molar-refractivity contribution is 7.91. The zero-order valence-corrected chi connectivity index (χ0v) is 29.3. The molecular weight excluding hydrogens is 702 g/mol. The van der Waals surface area contributed by atoms with E-state index >= 15 is 0 Å². The van der Waals surface area contributed by atoms with Crippen LogP contribution < -0.4 is 15.4 Å². The molecule has 1 saturated heterocycles. The average Bonchev–Trinajstić information content (AvgIpc) is 3.86. The molecule has 3 saturated carbocycles. The number of benzene rings is 1. The first-order chi connectivity index (χ1) is 24.9. The molecule has 5 aliphatic rings. The summed E-state index contributed by atoms with van der Waals surface area (Å²) in [5.41, 5.74) is -1.38. The number of carbonyl (C=O) groups excluding carboxylic acids is 4. The predicted octanol–water partition coefficient (Wildman–Crippen LogP) is 2.80. The summed E-state index contributed by atoms with van der Waals surface area (Å²) in [7, 11) is -3.92. The number of allylic oxidation sites excluding steroid dienone is 1. The first-order valence-electron chi connectivity index (χ1n) is 18.0. The van der Waals surface area contributed by atoms with Crippen LogP contribution in [0.2, 0.25) is 0 Å². The number of tetrazole rings is 1. The standard InChI is InChI=1S/C34H42F2N8O7S/c35-25-15-12-20(16-26(25)36)29-39-42-44(40-29)22-17-28-30(45)38-34(32(47)41-52(49,50)24-13-14-24)18-21(34)8-4-2-1-3-5-11-27(31(46)43(28)19-22)37-33(48)51-23-9-6-7-10-23/h4,8,12,15-16,21-24,27-28H,1-3,5-7,9-11,13-14,17-19H2,(H,37,48)(H,38,45)(H,41,47)/b8-4+/t21?,22-,27+,28+,34-/m1/s1. The third kappa shape index (κ3) is 7.66. The van der Waals surface area contributed by atoms with Crippen LogP contribution in [0.1, 0.15) is 89.5 Å². The van der Waals surface area contributed by atoms with E-state index < -0.39 is 80.3 Å². The van der Waals surface area contributed by atoms with E-state index in [0.29, 0.717) is 25.7 Å². The fraction of sp³-hybridized carbons (Fsp3) is 0.618. The van der Waals surface area contributed by atoms with Crippen molar-refractivity contribution in [2.75, 3.05) is 6.54 Å². The van der Waals surface area contributed by atoms with Gasteiger partial charge in [-0.15, -0.1) is 10.2 Å². The molecule has 0 radical (unpaired) electrons. The van der Waals surface area contributed by atoms with Crippen LogP contribution in [0.3, 0.4) is 0 Å². The van der Waals surface area contributed by atoms with Crippen molar-refractivity contribution < 1.29 is 41.1 Å². The van der Waals surface area contributed by atoms with Crippen molar-refractivity contribution in [2.24, 2.45) is 5.92 Å². The Bertz CT molecular complexity index is 1860. The largest absolute Gasteiger partial charge is 0.446 e. The molecule has 3 aliphatic carbocycles. The van der Waals surface area contributed by atoms with Crippen molar-refractivity contribution >= 4 is 33.8 Å². The minimum atomic E-state index is -3.92. The number of halogens is 2. The van der Waals surface area contributed by atoms with Crippen molar-refractivity contribution in [3.8, 4) is 11.4 Å². The zero-order chi connectivity index (χ0) is 36.6. The summed E-state index contributed by atoms with van der Waals surface area (Å²) in [6, 6.07) is 0.247. The van der Waals surface area contributed by atoms with Crippen molar-refractivity contribution in [2.45, 2.75) is 118 Å². The lowest BCUT2D eigenvalue weighted by Gasteiger charge is -2.30. The van der Waals surface area contributed by atoms with Crippen LogP contribution in [-0.4, -0.2) is 92.9 Å². The van der Waals surface area contributed by atoms with Crippen LogP contribution in [0.15, 0.2) is 30.4 Å². The summed E-state index contributed by atoms with van der Waals surface area (Å²) in [6.07, 6.45) is 10.3. The second kappa shape index (κ2) is 14.5. The third-order valence-corrected chi connectivity index (χ3v) is 12.5. The topological polar surface area (TPSA) is 195 Å². The van der Waals surface area contributed by atoms with Crippen LogP contribution in [-0.2, 0) is 29.1 Å². The zero-order valence-electron chi connectivity index (χ0n) is 28.5. The Hall–Kier alpha value is -4.48. The number of aromatic nitrogens is 4. The smallest absolute Gasteiger partial charge is 0.408 e. The molecule has 3 heterocycles.